The first-order chi connectivity index (χ1) is 9.19. The Bertz CT molecular complexity index is 396. The number of nitrogens with one attached hydrogen (secondary N) is 1. The maximum Gasteiger partial charge on any atom is 0.165 e. The molecule has 1 unspecified atom stereocenters. The lowest BCUT2D eigenvalue weighted by molar-refractivity contribution is 0.0116. The molecule has 0 aliphatic heterocycles. The number of benzene rings is 1. The fourth-order valence-electron chi connectivity index (χ4n) is 2.03. The molecule has 1 atom stereocenters. The lowest BCUT2D eigenvalue weighted by Crippen LogP contribution is -2.48. The summed E-state index contributed by atoms with van der Waals surface area (Å²) in [6, 6.07) is 6.57. The second kappa shape index (κ2) is 6.84. The van der Waals surface area contributed by atoms with Crippen LogP contribution in [-0.2, 0) is 4.74 Å². The molecule has 1 aromatic carbocycles. The summed E-state index contributed by atoms with van der Waals surface area (Å²) in [5.41, 5.74) is 0. The standard InChI is InChI=1S/C14H20FNO3/c1-18-12-6-10(7-12)16-8-11(17)9-19-14-5-3-2-4-13(14)15/h2-5,10-12,16-17H,6-9H2,1H3. The van der Waals surface area contributed by atoms with E-state index in [9.17, 15) is 9.50 Å². The normalized spacial score (nSPS) is 23.7. The number of methoxy groups -OCH3 is 1. The van der Waals surface area contributed by atoms with Crippen molar-refractivity contribution in [3.8, 4) is 5.75 Å². The van der Waals surface area contributed by atoms with Gasteiger partial charge in [0.2, 0.25) is 0 Å². The van der Waals surface area contributed by atoms with Crippen molar-refractivity contribution in [2.45, 2.75) is 31.1 Å². The molecule has 1 aromatic rings. The Kier molecular flexibility index (Phi) is 5.13. The largest absolute Gasteiger partial charge is 0.488 e. The Balaban J connectivity index is 1.62. The van der Waals surface area contributed by atoms with Gasteiger partial charge in [0, 0.05) is 19.7 Å². The summed E-state index contributed by atoms with van der Waals surface area (Å²) in [5, 5.41) is 13.0. The summed E-state index contributed by atoms with van der Waals surface area (Å²) in [4.78, 5) is 0. The quantitative estimate of drug-likeness (QED) is 0.784. The van der Waals surface area contributed by atoms with E-state index in [2.05, 4.69) is 5.32 Å². The van der Waals surface area contributed by atoms with Gasteiger partial charge in [0.05, 0.1) is 6.10 Å². The number of hydrogen-bond acceptors (Lipinski definition) is 4. The van der Waals surface area contributed by atoms with E-state index in [1.807, 2.05) is 0 Å². The topological polar surface area (TPSA) is 50.7 Å². The SMILES string of the molecule is COC1CC(NCC(O)COc2ccccc2F)C1. The van der Waals surface area contributed by atoms with Crippen LogP contribution >= 0.6 is 0 Å². The molecule has 19 heavy (non-hydrogen) atoms. The van der Waals surface area contributed by atoms with Gasteiger partial charge in [-0.25, -0.2) is 4.39 Å². The molecule has 106 valence electrons. The Labute approximate surface area is 112 Å². The monoisotopic (exact) mass is 269 g/mol. The van der Waals surface area contributed by atoms with E-state index < -0.39 is 11.9 Å². The van der Waals surface area contributed by atoms with Gasteiger partial charge in [-0.05, 0) is 25.0 Å². The van der Waals surface area contributed by atoms with Gasteiger partial charge in [0.1, 0.15) is 12.7 Å². The summed E-state index contributed by atoms with van der Waals surface area (Å²) in [7, 11) is 1.71. The zero-order valence-electron chi connectivity index (χ0n) is 11.0. The van der Waals surface area contributed by atoms with Crippen molar-refractivity contribution in [1.82, 2.24) is 5.32 Å². The zero-order valence-corrected chi connectivity index (χ0v) is 11.0. The van der Waals surface area contributed by atoms with Crippen LogP contribution in [0.15, 0.2) is 24.3 Å². The molecule has 0 saturated heterocycles. The van der Waals surface area contributed by atoms with Crippen molar-refractivity contribution < 1.29 is 19.0 Å². The Morgan fingerprint density at radius 3 is 2.84 bits per heavy atom. The number of ether oxygens (including phenoxy) is 2. The molecule has 2 rings (SSSR count). The average molecular weight is 269 g/mol. The molecule has 1 fully saturated rings. The minimum absolute atomic E-state index is 0.0777. The molecule has 0 aromatic heterocycles. The van der Waals surface area contributed by atoms with Gasteiger partial charge in [0.25, 0.3) is 0 Å². The maximum absolute atomic E-state index is 13.3. The summed E-state index contributed by atoms with van der Waals surface area (Å²) in [6.45, 7) is 0.518. The second-order valence-electron chi connectivity index (χ2n) is 4.83. The van der Waals surface area contributed by atoms with Crippen LogP contribution in [0, 0.1) is 5.82 Å². The van der Waals surface area contributed by atoms with Gasteiger partial charge in [0.15, 0.2) is 11.6 Å². The third-order valence-corrected chi connectivity index (χ3v) is 3.34. The summed E-state index contributed by atoms with van der Waals surface area (Å²) in [5.74, 6) is -0.241. The highest BCUT2D eigenvalue weighted by Crippen LogP contribution is 2.22. The molecule has 0 amide bonds. The predicted molar refractivity (Wildman–Crippen MR) is 69.7 cm³/mol. The van der Waals surface area contributed by atoms with Crippen molar-refractivity contribution in [2.75, 3.05) is 20.3 Å². The Morgan fingerprint density at radius 1 is 1.42 bits per heavy atom. The third kappa shape index (κ3) is 4.16. The zero-order chi connectivity index (χ0) is 13.7. The molecule has 2 N–H and O–H groups in total. The predicted octanol–water partition coefficient (Wildman–Crippen LogP) is 1.33. The minimum atomic E-state index is -0.652. The second-order valence-corrected chi connectivity index (χ2v) is 4.83. The van der Waals surface area contributed by atoms with Crippen molar-refractivity contribution in [3.63, 3.8) is 0 Å². The number of para-hydroxylation sites is 1. The molecule has 4 nitrogen and oxygen atoms in total. The van der Waals surface area contributed by atoms with Gasteiger partial charge >= 0.3 is 0 Å². The lowest BCUT2D eigenvalue weighted by atomic mass is 9.89. The molecular weight excluding hydrogens is 249 g/mol. The van der Waals surface area contributed by atoms with Crippen LogP contribution in [0.3, 0.4) is 0 Å². The van der Waals surface area contributed by atoms with Gasteiger partial charge in [-0.1, -0.05) is 12.1 Å². The molecular formula is C14H20FNO3. The molecule has 1 aliphatic carbocycles. The highest BCUT2D eigenvalue weighted by atomic mass is 19.1. The van der Waals surface area contributed by atoms with E-state index in [0.29, 0.717) is 18.7 Å². The highest BCUT2D eigenvalue weighted by Gasteiger charge is 2.28. The molecule has 0 spiro atoms. The van der Waals surface area contributed by atoms with E-state index in [-0.39, 0.29) is 12.4 Å². The minimum Gasteiger partial charge on any atom is -0.488 e. The first-order valence-electron chi connectivity index (χ1n) is 6.50. The van der Waals surface area contributed by atoms with Crippen molar-refractivity contribution in [1.29, 1.82) is 0 Å². The van der Waals surface area contributed by atoms with Crippen LogP contribution in [0.1, 0.15) is 12.8 Å². The number of rotatable bonds is 7. The molecule has 0 bridgehead atoms. The smallest absolute Gasteiger partial charge is 0.165 e. The molecule has 0 heterocycles. The van der Waals surface area contributed by atoms with Gasteiger partial charge < -0.3 is 19.9 Å². The van der Waals surface area contributed by atoms with Crippen molar-refractivity contribution >= 4 is 0 Å². The van der Waals surface area contributed by atoms with Crippen LogP contribution in [0.4, 0.5) is 4.39 Å². The van der Waals surface area contributed by atoms with E-state index in [0.717, 1.165) is 12.8 Å². The first-order valence-corrected chi connectivity index (χ1v) is 6.50. The van der Waals surface area contributed by atoms with Gasteiger partial charge in [-0.3, -0.25) is 0 Å². The molecule has 0 radical (unpaired) electrons. The molecule has 5 heteroatoms. The average Bonchev–Trinajstić information content (AvgIpc) is 2.36. The van der Waals surface area contributed by atoms with E-state index in [1.54, 1.807) is 25.3 Å². The van der Waals surface area contributed by atoms with Crippen LogP contribution < -0.4 is 10.1 Å². The number of hydrogen-bond donors (Lipinski definition) is 2. The highest BCUT2D eigenvalue weighted by molar-refractivity contribution is 5.23. The number of halogens is 1. The van der Waals surface area contributed by atoms with Crippen LogP contribution in [0.5, 0.6) is 5.75 Å². The Morgan fingerprint density at radius 2 is 2.16 bits per heavy atom. The maximum atomic E-state index is 13.3. The summed E-state index contributed by atoms with van der Waals surface area (Å²) < 4.78 is 23.7. The van der Waals surface area contributed by atoms with Gasteiger partial charge in [-0.2, -0.15) is 0 Å². The molecule has 1 aliphatic rings. The third-order valence-electron chi connectivity index (χ3n) is 3.34. The van der Waals surface area contributed by atoms with Crippen LogP contribution in [0.25, 0.3) is 0 Å². The number of aliphatic hydroxyl groups is 1. The lowest BCUT2D eigenvalue weighted by Gasteiger charge is -2.35. The summed E-state index contributed by atoms with van der Waals surface area (Å²) in [6.07, 6.45) is 1.62. The fourth-order valence-corrected chi connectivity index (χ4v) is 2.03. The first kappa shape index (κ1) is 14.2. The van der Waals surface area contributed by atoms with Crippen LogP contribution in [-0.4, -0.2) is 43.6 Å². The fraction of sp³-hybridized carbons (Fsp3) is 0.571. The van der Waals surface area contributed by atoms with Crippen molar-refractivity contribution in [3.05, 3.63) is 30.1 Å². The van der Waals surface area contributed by atoms with E-state index in [1.165, 1.54) is 6.07 Å². The number of aliphatic hydroxyl groups excluding tert-OH is 1. The van der Waals surface area contributed by atoms with Crippen molar-refractivity contribution in [2.24, 2.45) is 0 Å². The van der Waals surface area contributed by atoms with Crippen LogP contribution in [0.2, 0.25) is 0 Å². The van der Waals surface area contributed by atoms with E-state index in [4.69, 9.17) is 9.47 Å². The molecule has 1 saturated carbocycles. The summed E-state index contributed by atoms with van der Waals surface area (Å²) >= 11 is 0. The Hall–Kier alpha value is -1.17. The van der Waals surface area contributed by atoms with Gasteiger partial charge in [-0.15, -0.1) is 0 Å². The van der Waals surface area contributed by atoms with E-state index >= 15 is 0 Å².